The van der Waals surface area contributed by atoms with Crippen molar-refractivity contribution in [2.45, 2.75) is 31.5 Å². The molecule has 0 bridgehead atoms. The number of nitrogens with two attached hydrogens (primary N) is 1. The standard InChI is InChI=1S/C11H19N3O3/c12-6-8-2-3-9(17-8)11(16)14-5-1-4-13-10(15)7-14/h8-9H,1-7,12H2,(H,13,15). The Morgan fingerprint density at radius 2 is 2.35 bits per heavy atom. The van der Waals surface area contributed by atoms with Crippen molar-refractivity contribution in [3.8, 4) is 0 Å². The van der Waals surface area contributed by atoms with Crippen LogP contribution in [0.2, 0.25) is 0 Å². The minimum atomic E-state index is -0.408. The van der Waals surface area contributed by atoms with Crippen LogP contribution in [0.25, 0.3) is 0 Å². The molecular formula is C11H19N3O3. The van der Waals surface area contributed by atoms with Crippen LogP contribution in [0, 0.1) is 0 Å². The number of nitrogens with one attached hydrogen (secondary N) is 1. The van der Waals surface area contributed by atoms with E-state index in [0.29, 0.717) is 26.1 Å². The van der Waals surface area contributed by atoms with Gasteiger partial charge in [0.15, 0.2) is 0 Å². The average molecular weight is 241 g/mol. The summed E-state index contributed by atoms with van der Waals surface area (Å²) >= 11 is 0. The van der Waals surface area contributed by atoms with Gasteiger partial charge in [0.2, 0.25) is 5.91 Å². The van der Waals surface area contributed by atoms with E-state index in [4.69, 9.17) is 10.5 Å². The van der Waals surface area contributed by atoms with Gasteiger partial charge in [-0.25, -0.2) is 0 Å². The van der Waals surface area contributed by atoms with Crippen LogP contribution in [0.3, 0.4) is 0 Å². The number of rotatable bonds is 2. The zero-order valence-corrected chi connectivity index (χ0v) is 9.85. The Labute approximate surface area is 100 Å². The quantitative estimate of drug-likeness (QED) is 0.639. The molecule has 2 amide bonds. The molecular weight excluding hydrogens is 222 g/mol. The summed E-state index contributed by atoms with van der Waals surface area (Å²) in [5.74, 6) is -0.165. The molecule has 17 heavy (non-hydrogen) atoms. The molecule has 96 valence electrons. The summed E-state index contributed by atoms with van der Waals surface area (Å²) < 4.78 is 5.55. The van der Waals surface area contributed by atoms with E-state index in [1.54, 1.807) is 4.90 Å². The Balaban J connectivity index is 1.92. The fourth-order valence-electron chi connectivity index (χ4n) is 2.26. The summed E-state index contributed by atoms with van der Waals surface area (Å²) in [7, 11) is 0. The molecule has 6 nitrogen and oxygen atoms in total. The zero-order chi connectivity index (χ0) is 12.3. The molecule has 2 aliphatic rings. The second kappa shape index (κ2) is 5.46. The summed E-state index contributed by atoms with van der Waals surface area (Å²) in [5.41, 5.74) is 5.51. The van der Waals surface area contributed by atoms with Crippen LogP contribution >= 0.6 is 0 Å². The molecule has 2 aliphatic heterocycles. The summed E-state index contributed by atoms with van der Waals surface area (Å²) in [4.78, 5) is 25.1. The molecule has 2 saturated heterocycles. The van der Waals surface area contributed by atoms with Crippen molar-refractivity contribution in [3.63, 3.8) is 0 Å². The highest BCUT2D eigenvalue weighted by atomic mass is 16.5. The number of carbonyl (C=O) groups is 2. The Bertz CT molecular complexity index is 308. The number of hydrogen-bond donors (Lipinski definition) is 2. The van der Waals surface area contributed by atoms with Crippen LogP contribution in [0.15, 0.2) is 0 Å². The van der Waals surface area contributed by atoms with Crippen LogP contribution in [0.5, 0.6) is 0 Å². The lowest BCUT2D eigenvalue weighted by Gasteiger charge is -2.22. The monoisotopic (exact) mass is 241 g/mol. The second-order valence-electron chi connectivity index (χ2n) is 4.52. The van der Waals surface area contributed by atoms with Gasteiger partial charge in [-0.15, -0.1) is 0 Å². The third-order valence-electron chi connectivity index (χ3n) is 3.22. The van der Waals surface area contributed by atoms with E-state index < -0.39 is 6.10 Å². The van der Waals surface area contributed by atoms with Gasteiger partial charge in [-0.05, 0) is 19.3 Å². The van der Waals surface area contributed by atoms with Crippen molar-refractivity contribution in [3.05, 3.63) is 0 Å². The number of carbonyl (C=O) groups excluding carboxylic acids is 2. The van der Waals surface area contributed by atoms with Gasteiger partial charge in [0.25, 0.3) is 5.91 Å². The largest absolute Gasteiger partial charge is 0.364 e. The minimum absolute atomic E-state index is 0.00949. The molecule has 2 heterocycles. The third-order valence-corrected chi connectivity index (χ3v) is 3.22. The van der Waals surface area contributed by atoms with Crippen LogP contribution in [0.4, 0.5) is 0 Å². The second-order valence-corrected chi connectivity index (χ2v) is 4.52. The van der Waals surface area contributed by atoms with Gasteiger partial charge in [0.1, 0.15) is 6.10 Å². The van der Waals surface area contributed by atoms with E-state index >= 15 is 0 Å². The molecule has 0 aliphatic carbocycles. The lowest BCUT2D eigenvalue weighted by molar-refractivity contribution is -0.144. The maximum absolute atomic E-state index is 12.1. The van der Waals surface area contributed by atoms with Crippen LogP contribution in [-0.2, 0) is 14.3 Å². The highest BCUT2D eigenvalue weighted by Gasteiger charge is 2.33. The normalized spacial score (nSPS) is 29.9. The van der Waals surface area contributed by atoms with Gasteiger partial charge in [-0.3, -0.25) is 9.59 Å². The van der Waals surface area contributed by atoms with Gasteiger partial charge in [-0.2, -0.15) is 0 Å². The van der Waals surface area contributed by atoms with Crippen LogP contribution in [0.1, 0.15) is 19.3 Å². The maximum Gasteiger partial charge on any atom is 0.252 e. The average Bonchev–Trinajstić information content (AvgIpc) is 2.71. The van der Waals surface area contributed by atoms with Gasteiger partial charge >= 0.3 is 0 Å². The van der Waals surface area contributed by atoms with Crippen molar-refractivity contribution < 1.29 is 14.3 Å². The van der Waals surface area contributed by atoms with Crippen molar-refractivity contribution in [1.82, 2.24) is 10.2 Å². The van der Waals surface area contributed by atoms with Gasteiger partial charge in [0, 0.05) is 19.6 Å². The van der Waals surface area contributed by atoms with Crippen molar-refractivity contribution >= 4 is 11.8 Å². The number of ether oxygens (including phenoxy) is 1. The molecule has 6 heteroatoms. The first-order valence-electron chi connectivity index (χ1n) is 6.11. The lowest BCUT2D eigenvalue weighted by atomic mass is 10.2. The number of hydrogen-bond acceptors (Lipinski definition) is 4. The summed E-state index contributed by atoms with van der Waals surface area (Å²) in [6.45, 7) is 1.85. The molecule has 2 unspecified atom stereocenters. The lowest BCUT2D eigenvalue weighted by Crippen LogP contribution is -2.43. The molecule has 0 aromatic rings. The SMILES string of the molecule is NCC1CCC(C(=O)N2CCCNC(=O)C2)O1. The first kappa shape index (κ1) is 12.3. The molecule has 0 radical (unpaired) electrons. The molecule has 2 atom stereocenters. The predicted molar refractivity (Wildman–Crippen MR) is 61.2 cm³/mol. The van der Waals surface area contributed by atoms with Crippen molar-refractivity contribution in [1.29, 1.82) is 0 Å². The first-order chi connectivity index (χ1) is 8.20. The fraction of sp³-hybridized carbons (Fsp3) is 0.818. The van der Waals surface area contributed by atoms with Crippen molar-refractivity contribution in [2.75, 3.05) is 26.2 Å². The first-order valence-corrected chi connectivity index (χ1v) is 6.11. The van der Waals surface area contributed by atoms with E-state index in [0.717, 1.165) is 12.8 Å². The van der Waals surface area contributed by atoms with E-state index in [2.05, 4.69) is 5.32 Å². The topological polar surface area (TPSA) is 84.7 Å². The highest BCUT2D eigenvalue weighted by molar-refractivity contribution is 5.87. The maximum atomic E-state index is 12.1. The predicted octanol–water partition coefficient (Wildman–Crippen LogP) is -1.16. The number of nitrogens with zero attached hydrogens (tertiary/aromatic N) is 1. The minimum Gasteiger partial charge on any atom is -0.364 e. The molecule has 0 aromatic heterocycles. The molecule has 2 rings (SSSR count). The van der Waals surface area contributed by atoms with Crippen molar-refractivity contribution in [2.24, 2.45) is 5.73 Å². The van der Waals surface area contributed by atoms with Crippen LogP contribution in [-0.4, -0.2) is 55.1 Å². The van der Waals surface area contributed by atoms with Gasteiger partial charge in [-0.1, -0.05) is 0 Å². The fourth-order valence-corrected chi connectivity index (χ4v) is 2.26. The van der Waals surface area contributed by atoms with E-state index in [1.807, 2.05) is 0 Å². The molecule has 0 aromatic carbocycles. The molecule has 2 fully saturated rings. The summed E-state index contributed by atoms with van der Waals surface area (Å²) in [6.07, 6.45) is 1.91. The Morgan fingerprint density at radius 1 is 1.53 bits per heavy atom. The molecule has 0 spiro atoms. The smallest absolute Gasteiger partial charge is 0.252 e. The van der Waals surface area contributed by atoms with Gasteiger partial charge in [0.05, 0.1) is 12.6 Å². The number of amides is 2. The third kappa shape index (κ3) is 2.95. The van der Waals surface area contributed by atoms with E-state index in [9.17, 15) is 9.59 Å². The Hall–Kier alpha value is -1.14. The van der Waals surface area contributed by atoms with Gasteiger partial charge < -0.3 is 20.7 Å². The zero-order valence-electron chi connectivity index (χ0n) is 9.85. The summed E-state index contributed by atoms with van der Waals surface area (Å²) in [6, 6.07) is 0. The molecule has 3 N–H and O–H groups in total. The molecule has 0 saturated carbocycles. The van der Waals surface area contributed by atoms with E-state index in [-0.39, 0.29) is 24.5 Å². The Morgan fingerprint density at radius 3 is 3.06 bits per heavy atom. The van der Waals surface area contributed by atoms with Crippen LogP contribution < -0.4 is 11.1 Å². The summed E-state index contributed by atoms with van der Waals surface area (Å²) in [5, 5.41) is 2.75. The highest BCUT2D eigenvalue weighted by Crippen LogP contribution is 2.21. The van der Waals surface area contributed by atoms with E-state index in [1.165, 1.54) is 0 Å². The Kier molecular flexibility index (Phi) is 3.96.